The van der Waals surface area contributed by atoms with Crippen LogP contribution in [0.3, 0.4) is 0 Å². The number of sulfonamides is 1. The van der Waals surface area contributed by atoms with E-state index in [0.29, 0.717) is 5.56 Å². The Morgan fingerprint density at radius 2 is 1.95 bits per heavy atom. The number of aryl methyl sites for hydroxylation is 3. The summed E-state index contributed by atoms with van der Waals surface area (Å²) in [4.78, 5) is 11.1. The van der Waals surface area contributed by atoms with Crippen LogP contribution in [0.15, 0.2) is 27.6 Å². The van der Waals surface area contributed by atoms with E-state index in [9.17, 15) is 13.2 Å². The first-order valence-electron chi connectivity index (χ1n) is 6.02. The van der Waals surface area contributed by atoms with Gasteiger partial charge in [-0.15, -0.1) is 0 Å². The first kappa shape index (κ1) is 15.0. The zero-order valence-electron chi connectivity index (χ0n) is 11.7. The minimum Gasteiger partial charge on any atom is -0.478 e. The summed E-state index contributed by atoms with van der Waals surface area (Å²) in [6, 6.07) is 4.50. The largest absolute Gasteiger partial charge is 0.478 e. The Bertz CT molecular complexity index is 788. The van der Waals surface area contributed by atoms with Gasteiger partial charge in [-0.05, 0) is 32.4 Å². The molecule has 0 radical (unpaired) electrons. The molecular weight excluding hydrogens is 296 g/mol. The van der Waals surface area contributed by atoms with Crippen molar-refractivity contribution in [1.29, 1.82) is 0 Å². The highest BCUT2D eigenvalue weighted by molar-refractivity contribution is 7.92. The predicted molar refractivity (Wildman–Crippen MR) is 74.9 cm³/mol. The van der Waals surface area contributed by atoms with Crippen LogP contribution in [0.2, 0.25) is 0 Å². The summed E-state index contributed by atoms with van der Waals surface area (Å²) >= 11 is 0. The van der Waals surface area contributed by atoms with E-state index in [0.717, 1.165) is 0 Å². The standard InChI is InChI=1S/C13H14N2O5S/c1-7-5-4-6-10(13(16)17)11(7)15-21(18,19)12-8(2)14-20-9(12)3/h4-6,15H,1-3H3,(H,16,17). The van der Waals surface area contributed by atoms with Crippen LogP contribution < -0.4 is 4.72 Å². The minimum atomic E-state index is -3.98. The summed E-state index contributed by atoms with van der Waals surface area (Å²) < 4.78 is 32.0. The first-order chi connectivity index (χ1) is 9.74. The number of hydrogen-bond donors (Lipinski definition) is 2. The normalized spacial score (nSPS) is 11.4. The van der Waals surface area contributed by atoms with Crippen molar-refractivity contribution in [2.75, 3.05) is 4.72 Å². The summed E-state index contributed by atoms with van der Waals surface area (Å²) in [7, 11) is -3.98. The van der Waals surface area contributed by atoms with Gasteiger partial charge in [0.1, 0.15) is 5.69 Å². The Balaban J connectivity index is 2.55. The maximum atomic E-state index is 12.4. The molecule has 7 nitrogen and oxygen atoms in total. The van der Waals surface area contributed by atoms with Gasteiger partial charge in [0.25, 0.3) is 10.0 Å². The van der Waals surface area contributed by atoms with E-state index in [-0.39, 0.29) is 27.6 Å². The van der Waals surface area contributed by atoms with Crippen LogP contribution in [-0.4, -0.2) is 24.7 Å². The van der Waals surface area contributed by atoms with Crippen molar-refractivity contribution in [1.82, 2.24) is 5.16 Å². The van der Waals surface area contributed by atoms with Crippen molar-refractivity contribution >= 4 is 21.7 Å². The summed E-state index contributed by atoms with van der Waals surface area (Å²) in [5.41, 5.74) is 0.631. The average Bonchev–Trinajstić information content (AvgIpc) is 2.71. The number of aromatic carboxylic acids is 1. The van der Waals surface area contributed by atoms with Crippen LogP contribution >= 0.6 is 0 Å². The lowest BCUT2D eigenvalue weighted by Crippen LogP contribution is -2.17. The molecule has 2 aromatic rings. The van der Waals surface area contributed by atoms with E-state index in [1.807, 2.05) is 0 Å². The second-order valence-corrected chi connectivity index (χ2v) is 6.18. The number of para-hydroxylation sites is 1. The lowest BCUT2D eigenvalue weighted by molar-refractivity contribution is 0.0698. The number of rotatable bonds is 4. The van der Waals surface area contributed by atoms with Gasteiger partial charge in [0.15, 0.2) is 10.7 Å². The van der Waals surface area contributed by atoms with Crippen LogP contribution in [0.1, 0.15) is 27.4 Å². The SMILES string of the molecule is Cc1cccc(C(=O)O)c1NS(=O)(=O)c1c(C)noc1C. The van der Waals surface area contributed by atoms with Gasteiger partial charge in [-0.25, -0.2) is 13.2 Å². The van der Waals surface area contributed by atoms with E-state index in [4.69, 9.17) is 9.63 Å². The Morgan fingerprint density at radius 3 is 2.48 bits per heavy atom. The molecule has 1 heterocycles. The van der Waals surface area contributed by atoms with Gasteiger partial charge in [0.05, 0.1) is 11.3 Å². The molecule has 1 aromatic carbocycles. The number of aromatic nitrogens is 1. The molecular formula is C13H14N2O5S. The van der Waals surface area contributed by atoms with Crippen molar-refractivity contribution in [3.63, 3.8) is 0 Å². The maximum absolute atomic E-state index is 12.4. The minimum absolute atomic E-state index is 0.0324. The van der Waals surface area contributed by atoms with Gasteiger partial charge in [-0.2, -0.15) is 0 Å². The number of nitrogens with zero attached hydrogens (tertiary/aromatic N) is 1. The first-order valence-corrected chi connectivity index (χ1v) is 7.51. The number of benzene rings is 1. The van der Waals surface area contributed by atoms with Gasteiger partial charge >= 0.3 is 5.97 Å². The van der Waals surface area contributed by atoms with Crippen LogP contribution in [0.5, 0.6) is 0 Å². The van der Waals surface area contributed by atoms with E-state index in [2.05, 4.69) is 9.88 Å². The van der Waals surface area contributed by atoms with Crippen LogP contribution in [0, 0.1) is 20.8 Å². The predicted octanol–water partition coefficient (Wildman–Crippen LogP) is 2.10. The summed E-state index contributed by atoms with van der Waals surface area (Å²) in [5.74, 6) is -1.07. The van der Waals surface area contributed by atoms with Crippen molar-refractivity contribution in [2.45, 2.75) is 25.7 Å². The maximum Gasteiger partial charge on any atom is 0.337 e. The fourth-order valence-electron chi connectivity index (χ4n) is 2.03. The number of hydrogen-bond acceptors (Lipinski definition) is 5. The van der Waals surface area contributed by atoms with Gasteiger partial charge in [-0.3, -0.25) is 4.72 Å². The fraction of sp³-hybridized carbons (Fsp3) is 0.231. The third kappa shape index (κ3) is 2.75. The fourth-order valence-corrected chi connectivity index (χ4v) is 3.51. The molecule has 0 aliphatic carbocycles. The average molecular weight is 310 g/mol. The number of carboxylic acids is 1. The lowest BCUT2D eigenvalue weighted by Gasteiger charge is -2.12. The van der Waals surface area contributed by atoms with Crippen molar-refractivity contribution in [3.8, 4) is 0 Å². The van der Waals surface area contributed by atoms with E-state index >= 15 is 0 Å². The third-order valence-electron chi connectivity index (χ3n) is 2.98. The van der Waals surface area contributed by atoms with Crippen LogP contribution in [0.4, 0.5) is 5.69 Å². The second kappa shape index (κ2) is 5.21. The monoisotopic (exact) mass is 310 g/mol. The molecule has 0 unspecified atom stereocenters. The van der Waals surface area contributed by atoms with Crippen molar-refractivity contribution in [3.05, 3.63) is 40.8 Å². The molecule has 0 saturated carbocycles. The number of carboxylic acid groups (broad SMARTS) is 1. The van der Waals surface area contributed by atoms with Gasteiger partial charge < -0.3 is 9.63 Å². The molecule has 0 bridgehead atoms. The van der Waals surface area contributed by atoms with Crippen LogP contribution in [0.25, 0.3) is 0 Å². The zero-order chi connectivity index (χ0) is 15.8. The quantitative estimate of drug-likeness (QED) is 0.895. The Hall–Kier alpha value is -2.35. The summed E-state index contributed by atoms with van der Waals surface area (Å²) in [6.07, 6.45) is 0. The molecule has 2 N–H and O–H groups in total. The molecule has 0 spiro atoms. The van der Waals surface area contributed by atoms with E-state index in [1.165, 1.54) is 19.9 Å². The van der Waals surface area contributed by atoms with Crippen molar-refractivity contribution < 1.29 is 22.8 Å². The number of anilines is 1. The van der Waals surface area contributed by atoms with E-state index < -0.39 is 16.0 Å². The van der Waals surface area contributed by atoms with Gasteiger partial charge in [-0.1, -0.05) is 17.3 Å². The molecule has 1 aromatic heterocycles. The Labute approximate surface area is 121 Å². The lowest BCUT2D eigenvalue weighted by atomic mass is 10.1. The van der Waals surface area contributed by atoms with Gasteiger partial charge in [0.2, 0.25) is 0 Å². The molecule has 112 valence electrons. The summed E-state index contributed by atoms with van der Waals surface area (Å²) in [5, 5.41) is 12.8. The van der Waals surface area contributed by atoms with E-state index in [1.54, 1.807) is 19.1 Å². The molecule has 0 aliphatic heterocycles. The molecule has 2 rings (SSSR count). The molecule has 8 heteroatoms. The molecule has 21 heavy (non-hydrogen) atoms. The third-order valence-corrected chi connectivity index (χ3v) is 4.57. The van der Waals surface area contributed by atoms with Gasteiger partial charge in [0, 0.05) is 0 Å². The smallest absolute Gasteiger partial charge is 0.337 e. The van der Waals surface area contributed by atoms with Crippen LogP contribution in [-0.2, 0) is 10.0 Å². The second-order valence-electron chi connectivity index (χ2n) is 4.56. The highest BCUT2D eigenvalue weighted by Gasteiger charge is 2.26. The number of carbonyl (C=O) groups is 1. The molecule has 0 aliphatic rings. The molecule has 0 saturated heterocycles. The highest BCUT2D eigenvalue weighted by atomic mass is 32.2. The molecule has 0 fully saturated rings. The zero-order valence-corrected chi connectivity index (χ0v) is 12.5. The molecule has 0 atom stereocenters. The van der Waals surface area contributed by atoms with Crippen molar-refractivity contribution in [2.24, 2.45) is 0 Å². The highest BCUT2D eigenvalue weighted by Crippen LogP contribution is 2.26. The Kier molecular flexibility index (Phi) is 3.73. The summed E-state index contributed by atoms with van der Waals surface area (Å²) in [6.45, 7) is 4.60. The Morgan fingerprint density at radius 1 is 1.29 bits per heavy atom. The molecule has 0 amide bonds. The topological polar surface area (TPSA) is 110 Å². The number of nitrogens with one attached hydrogen (secondary N) is 1.